The van der Waals surface area contributed by atoms with E-state index in [1.807, 2.05) is 52.1 Å². The van der Waals surface area contributed by atoms with E-state index in [1.165, 1.54) is 0 Å². The van der Waals surface area contributed by atoms with Gasteiger partial charge in [-0.2, -0.15) is 0 Å². The van der Waals surface area contributed by atoms with Crippen LogP contribution in [0.4, 0.5) is 0 Å². The van der Waals surface area contributed by atoms with Crippen molar-refractivity contribution in [1.29, 1.82) is 0 Å². The molecule has 86 valence electrons. The molecule has 16 heavy (non-hydrogen) atoms. The Morgan fingerprint density at radius 1 is 0.938 bits per heavy atom. The Morgan fingerprint density at radius 3 is 1.88 bits per heavy atom. The second-order valence-electron chi connectivity index (χ2n) is 3.66. The molecule has 0 aliphatic rings. The van der Waals surface area contributed by atoms with Crippen molar-refractivity contribution in [2.24, 2.45) is 4.99 Å². The molecule has 0 rings (SSSR count). The summed E-state index contributed by atoms with van der Waals surface area (Å²) in [5, 5.41) is 0. The summed E-state index contributed by atoms with van der Waals surface area (Å²) in [5.41, 5.74) is 4.06. The lowest BCUT2D eigenvalue weighted by Crippen LogP contribution is -1.88. The third kappa shape index (κ3) is 5.97. The molecular formula is C15H21N. The molecule has 0 saturated carbocycles. The number of rotatable bonds is 5. The standard InChI is InChI=1S/C15H21N/c1-7-14(10-9-12(3)4)15(8-2)11-16-13(5)6/h7-11H,3,5H2,1-2,4,6H3/b10-9-,14-7+,15-8-,16-11?. The normalized spacial score (nSPS) is 13.8. The number of hydrogen-bond acceptors (Lipinski definition) is 1. The van der Waals surface area contributed by atoms with Gasteiger partial charge in [-0.1, -0.05) is 43.0 Å². The van der Waals surface area contributed by atoms with Gasteiger partial charge in [0.25, 0.3) is 0 Å². The van der Waals surface area contributed by atoms with Crippen molar-refractivity contribution in [2.45, 2.75) is 27.7 Å². The van der Waals surface area contributed by atoms with Crippen LogP contribution in [0.3, 0.4) is 0 Å². The summed E-state index contributed by atoms with van der Waals surface area (Å²) >= 11 is 0. The van der Waals surface area contributed by atoms with E-state index in [0.29, 0.717) is 0 Å². The van der Waals surface area contributed by atoms with Crippen LogP contribution in [0.15, 0.2) is 64.9 Å². The Labute approximate surface area is 99.3 Å². The number of aliphatic imine (C=N–C) groups is 1. The molecule has 0 fully saturated rings. The Kier molecular flexibility index (Phi) is 6.86. The van der Waals surface area contributed by atoms with Crippen molar-refractivity contribution < 1.29 is 0 Å². The molecule has 0 aliphatic heterocycles. The van der Waals surface area contributed by atoms with E-state index in [0.717, 1.165) is 22.4 Å². The fourth-order valence-electron chi connectivity index (χ4n) is 1.09. The van der Waals surface area contributed by atoms with Crippen LogP contribution in [0.25, 0.3) is 0 Å². The Bertz CT molecular complexity index is 338. The summed E-state index contributed by atoms with van der Waals surface area (Å²) in [6, 6.07) is 0. The molecule has 0 heterocycles. The molecule has 0 saturated heterocycles. The first-order chi connectivity index (χ1) is 7.51. The Balaban J connectivity index is 4.95. The van der Waals surface area contributed by atoms with E-state index in [2.05, 4.69) is 24.2 Å². The second kappa shape index (κ2) is 7.63. The van der Waals surface area contributed by atoms with Gasteiger partial charge in [-0.3, -0.25) is 4.99 Å². The Morgan fingerprint density at radius 2 is 1.50 bits per heavy atom. The summed E-state index contributed by atoms with van der Waals surface area (Å²) in [6.45, 7) is 15.4. The lowest BCUT2D eigenvalue weighted by atomic mass is 10.1. The zero-order valence-electron chi connectivity index (χ0n) is 10.7. The highest BCUT2D eigenvalue weighted by atomic mass is 14.7. The molecule has 1 nitrogen and oxygen atoms in total. The fourth-order valence-corrected chi connectivity index (χ4v) is 1.09. The predicted octanol–water partition coefficient (Wildman–Crippen LogP) is 4.62. The van der Waals surface area contributed by atoms with Gasteiger partial charge in [0.15, 0.2) is 0 Å². The summed E-state index contributed by atoms with van der Waals surface area (Å²) in [7, 11) is 0. The predicted molar refractivity (Wildman–Crippen MR) is 74.8 cm³/mol. The maximum Gasteiger partial charge on any atom is 0.0345 e. The van der Waals surface area contributed by atoms with Crippen molar-refractivity contribution in [2.75, 3.05) is 0 Å². The molecular weight excluding hydrogens is 194 g/mol. The van der Waals surface area contributed by atoms with Crippen LogP contribution in [0.5, 0.6) is 0 Å². The quantitative estimate of drug-likeness (QED) is 0.469. The first kappa shape index (κ1) is 14.4. The SMILES string of the molecule is C=C(C)\C=C/C(=C\C)C(/C=NC(=C)C)=C\C. The van der Waals surface area contributed by atoms with Crippen LogP contribution in [0, 0.1) is 0 Å². The molecule has 0 radical (unpaired) electrons. The summed E-state index contributed by atoms with van der Waals surface area (Å²) in [5.74, 6) is 0. The van der Waals surface area contributed by atoms with E-state index >= 15 is 0 Å². The van der Waals surface area contributed by atoms with Gasteiger partial charge in [0.05, 0.1) is 0 Å². The molecule has 1 heteroatoms. The molecule has 0 aromatic heterocycles. The van der Waals surface area contributed by atoms with Crippen LogP contribution in [-0.2, 0) is 0 Å². The highest BCUT2D eigenvalue weighted by Gasteiger charge is 1.96. The van der Waals surface area contributed by atoms with E-state index in [4.69, 9.17) is 0 Å². The van der Waals surface area contributed by atoms with E-state index in [9.17, 15) is 0 Å². The van der Waals surface area contributed by atoms with Gasteiger partial charge in [-0.25, -0.2) is 0 Å². The minimum absolute atomic E-state index is 0.804. The highest BCUT2D eigenvalue weighted by molar-refractivity contribution is 5.86. The molecule has 0 aromatic carbocycles. The monoisotopic (exact) mass is 215 g/mol. The first-order valence-electron chi connectivity index (χ1n) is 5.37. The molecule has 0 aliphatic carbocycles. The largest absolute Gasteiger partial charge is 0.262 e. The van der Waals surface area contributed by atoms with Gasteiger partial charge in [0, 0.05) is 11.9 Å². The average Bonchev–Trinajstić information content (AvgIpc) is 2.22. The van der Waals surface area contributed by atoms with Gasteiger partial charge in [0.2, 0.25) is 0 Å². The smallest absolute Gasteiger partial charge is 0.0345 e. The second-order valence-corrected chi connectivity index (χ2v) is 3.66. The van der Waals surface area contributed by atoms with Crippen molar-refractivity contribution in [3.8, 4) is 0 Å². The third-order valence-electron chi connectivity index (χ3n) is 1.93. The van der Waals surface area contributed by atoms with Crippen LogP contribution in [0.1, 0.15) is 27.7 Å². The number of hydrogen-bond donors (Lipinski definition) is 0. The fraction of sp³-hybridized carbons (Fsp3) is 0.267. The van der Waals surface area contributed by atoms with Crippen molar-refractivity contribution in [3.63, 3.8) is 0 Å². The van der Waals surface area contributed by atoms with Crippen LogP contribution in [-0.4, -0.2) is 6.21 Å². The van der Waals surface area contributed by atoms with Gasteiger partial charge in [-0.15, -0.1) is 0 Å². The number of nitrogens with zero attached hydrogens (tertiary/aromatic N) is 1. The summed E-state index contributed by atoms with van der Waals surface area (Å²) in [6.07, 6.45) is 9.96. The van der Waals surface area contributed by atoms with Crippen molar-refractivity contribution >= 4 is 6.21 Å². The minimum Gasteiger partial charge on any atom is -0.262 e. The maximum atomic E-state index is 4.21. The van der Waals surface area contributed by atoms with E-state index in [1.54, 1.807) is 0 Å². The molecule has 0 aromatic rings. The lowest BCUT2D eigenvalue weighted by molar-refractivity contribution is 1.33. The summed E-state index contributed by atoms with van der Waals surface area (Å²) < 4.78 is 0. The van der Waals surface area contributed by atoms with Gasteiger partial charge < -0.3 is 0 Å². The third-order valence-corrected chi connectivity index (χ3v) is 1.93. The molecule has 0 unspecified atom stereocenters. The van der Waals surface area contributed by atoms with Crippen LogP contribution in [0.2, 0.25) is 0 Å². The zero-order valence-corrected chi connectivity index (χ0v) is 10.7. The molecule has 0 spiro atoms. The van der Waals surface area contributed by atoms with Gasteiger partial charge in [0.1, 0.15) is 0 Å². The van der Waals surface area contributed by atoms with Crippen LogP contribution >= 0.6 is 0 Å². The summed E-state index contributed by atoms with van der Waals surface area (Å²) in [4.78, 5) is 4.21. The molecule has 0 N–H and O–H groups in total. The van der Waals surface area contributed by atoms with Crippen LogP contribution < -0.4 is 0 Å². The molecule has 0 atom stereocenters. The first-order valence-corrected chi connectivity index (χ1v) is 5.37. The highest BCUT2D eigenvalue weighted by Crippen LogP contribution is 2.11. The topological polar surface area (TPSA) is 12.4 Å². The Hall–Kier alpha value is -1.63. The zero-order chi connectivity index (χ0) is 12.6. The van der Waals surface area contributed by atoms with Crippen molar-refractivity contribution in [1.82, 2.24) is 0 Å². The van der Waals surface area contributed by atoms with E-state index in [-0.39, 0.29) is 0 Å². The lowest BCUT2D eigenvalue weighted by Gasteiger charge is -2.02. The molecule has 0 amide bonds. The van der Waals surface area contributed by atoms with Gasteiger partial charge >= 0.3 is 0 Å². The molecule has 0 bridgehead atoms. The maximum absolute atomic E-state index is 4.21. The van der Waals surface area contributed by atoms with Gasteiger partial charge in [-0.05, 0) is 38.8 Å². The average molecular weight is 215 g/mol. The van der Waals surface area contributed by atoms with E-state index < -0.39 is 0 Å². The van der Waals surface area contributed by atoms with Crippen molar-refractivity contribution in [3.05, 3.63) is 59.9 Å². The minimum atomic E-state index is 0.804. The number of allylic oxidation sites excluding steroid dienone is 8.